The number of aromatic nitrogens is 2. The Morgan fingerprint density at radius 3 is 1.15 bits per heavy atom. The first-order chi connectivity index (χ1) is 32.3. The van der Waals surface area contributed by atoms with Crippen LogP contribution in [-0.2, 0) is 28.5 Å². The van der Waals surface area contributed by atoms with Gasteiger partial charge in [-0.25, -0.2) is 19.2 Å². The third kappa shape index (κ3) is 18.3. The molecule has 352 valence electrons. The first-order valence-corrected chi connectivity index (χ1v) is 23.7. The molecule has 4 aromatic rings. The van der Waals surface area contributed by atoms with E-state index in [1.165, 1.54) is 12.2 Å². The molecule has 66 heavy (non-hydrogen) atoms. The summed E-state index contributed by atoms with van der Waals surface area (Å²) < 4.78 is 33.7. The van der Waals surface area contributed by atoms with Crippen molar-refractivity contribution in [1.29, 1.82) is 0 Å². The quantitative estimate of drug-likeness (QED) is 0.0212. The molecule has 0 radical (unpaired) electrons. The van der Waals surface area contributed by atoms with Crippen LogP contribution < -0.4 is 9.47 Å². The second kappa shape index (κ2) is 29.3. The van der Waals surface area contributed by atoms with Crippen LogP contribution in [0.3, 0.4) is 0 Å². The average Bonchev–Trinajstić information content (AvgIpc) is 3.35. The highest BCUT2D eigenvalue weighted by Crippen LogP contribution is 2.28. The summed E-state index contributed by atoms with van der Waals surface area (Å²) in [5.41, 5.74) is 4.07. The second-order valence-corrected chi connectivity index (χ2v) is 16.5. The Morgan fingerprint density at radius 1 is 0.470 bits per heavy atom. The third-order valence-corrected chi connectivity index (χ3v) is 11.4. The number of hydrogen-bond acceptors (Lipinski definition) is 12. The molecule has 1 aliphatic carbocycles. The summed E-state index contributed by atoms with van der Waals surface area (Å²) in [6.07, 6.45) is 22.5. The molecule has 2 aromatic carbocycles. The molecule has 2 aromatic heterocycles. The summed E-state index contributed by atoms with van der Waals surface area (Å²) in [6.45, 7) is 8.94. The first kappa shape index (κ1) is 50.7. The number of nitrogens with zero attached hydrogens (tertiary/aromatic N) is 2. The van der Waals surface area contributed by atoms with Gasteiger partial charge in [0.15, 0.2) is 0 Å². The van der Waals surface area contributed by atoms with Gasteiger partial charge >= 0.3 is 23.9 Å². The number of rotatable bonds is 30. The van der Waals surface area contributed by atoms with Crippen LogP contribution >= 0.6 is 0 Å². The van der Waals surface area contributed by atoms with Crippen molar-refractivity contribution in [3.63, 3.8) is 0 Å². The van der Waals surface area contributed by atoms with Crippen molar-refractivity contribution in [2.24, 2.45) is 0 Å². The smallest absolute Gasteiger partial charge is 0.338 e. The number of hydrogen-bond donors (Lipinski definition) is 0. The van der Waals surface area contributed by atoms with Crippen LogP contribution in [0.5, 0.6) is 11.5 Å². The van der Waals surface area contributed by atoms with Gasteiger partial charge in [-0.1, -0.05) is 102 Å². The normalized spacial score (nSPS) is 14.4. The predicted octanol–water partition coefficient (Wildman–Crippen LogP) is 11.8. The SMILES string of the molecule is C=CC(=O)OCCCCCCCCCOc1ccc(-c2ccc(C(=O)O[C@@H]3CCCC[C@H]3OC(=O)c3ccc(-c4ccc(OCCCCCCCCCOC(=O)C=C)cn4)cc3)cc2)nc1. The number of carbonyl (C=O) groups excluding carboxylic acids is 4. The maximum absolute atomic E-state index is 13.3. The van der Waals surface area contributed by atoms with Crippen LogP contribution in [0.15, 0.2) is 111 Å². The zero-order chi connectivity index (χ0) is 46.6. The molecule has 0 bridgehead atoms. The fourth-order valence-corrected chi connectivity index (χ4v) is 7.59. The lowest BCUT2D eigenvalue weighted by Gasteiger charge is -2.30. The Labute approximate surface area is 390 Å². The van der Waals surface area contributed by atoms with Gasteiger partial charge in [-0.3, -0.25) is 9.97 Å². The summed E-state index contributed by atoms with van der Waals surface area (Å²) in [5, 5.41) is 0. The van der Waals surface area contributed by atoms with Gasteiger partial charge in [0.05, 0.1) is 61.3 Å². The molecule has 0 amide bonds. The largest absolute Gasteiger partial charge is 0.492 e. The lowest BCUT2D eigenvalue weighted by molar-refractivity contribution is -0.138. The minimum absolute atomic E-state index is 0.364. The average molecular weight is 903 g/mol. The summed E-state index contributed by atoms with van der Waals surface area (Å²) in [6, 6.07) is 21.9. The molecule has 2 heterocycles. The van der Waals surface area contributed by atoms with Crippen LogP contribution in [0.25, 0.3) is 22.5 Å². The van der Waals surface area contributed by atoms with Gasteiger partial charge in [-0.2, -0.15) is 0 Å². The third-order valence-electron chi connectivity index (χ3n) is 11.4. The molecular formula is C54H66N2O10. The Balaban J connectivity index is 0.971. The highest BCUT2D eigenvalue weighted by Gasteiger charge is 2.32. The summed E-state index contributed by atoms with van der Waals surface area (Å²) in [4.78, 5) is 57.8. The van der Waals surface area contributed by atoms with Crippen molar-refractivity contribution < 1.29 is 47.6 Å². The van der Waals surface area contributed by atoms with Gasteiger partial charge in [0.1, 0.15) is 23.7 Å². The fourth-order valence-electron chi connectivity index (χ4n) is 7.59. The minimum Gasteiger partial charge on any atom is -0.492 e. The number of benzene rings is 2. The van der Waals surface area contributed by atoms with Gasteiger partial charge < -0.3 is 28.4 Å². The van der Waals surface area contributed by atoms with Crippen molar-refractivity contribution in [2.75, 3.05) is 26.4 Å². The summed E-state index contributed by atoms with van der Waals surface area (Å²) >= 11 is 0. The molecule has 0 aliphatic heterocycles. The van der Waals surface area contributed by atoms with E-state index in [0.717, 1.165) is 125 Å². The molecule has 0 spiro atoms. The van der Waals surface area contributed by atoms with Gasteiger partial charge in [-0.15, -0.1) is 0 Å². The lowest BCUT2D eigenvalue weighted by atomic mass is 9.94. The molecular weight excluding hydrogens is 837 g/mol. The Kier molecular flexibility index (Phi) is 22.5. The van der Waals surface area contributed by atoms with E-state index in [1.807, 2.05) is 48.5 Å². The van der Waals surface area contributed by atoms with Gasteiger partial charge in [0.2, 0.25) is 0 Å². The molecule has 1 saturated carbocycles. The molecule has 12 nitrogen and oxygen atoms in total. The number of carbonyl (C=O) groups is 4. The summed E-state index contributed by atoms with van der Waals surface area (Å²) in [5.74, 6) is -0.228. The molecule has 12 heteroatoms. The predicted molar refractivity (Wildman–Crippen MR) is 254 cm³/mol. The van der Waals surface area contributed by atoms with Crippen LogP contribution in [0.2, 0.25) is 0 Å². The fraction of sp³-hybridized carbons (Fsp3) is 0.444. The standard InChI is InChI=1S/C54H66N2O10/c1-3-51(57)63-37-19-13-9-5-7-11-17-35-61-45-31-33-47(55-39-45)41-23-27-43(28-24-41)53(59)65-49-21-15-16-22-50(49)66-54(60)44-29-25-42(26-30-44)48-34-32-46(40-56-48)62-36-18-12-8-6-10-14-20-38-64-52(58)4-2/h3-4,23-34,39-40,49-50H,1-2,5-22,35-38H2/t49-,50-/m1/s1. The van der Waals surface area contributed by atoms with E-state index in [-0.39, 0.29) is 11.9 Å². The Bertz CT molecular complexity index is 1930. The van der Waals surface area contributed by atoms with Crippen molar-refractivity contribution in [2.45, 2.75) is 128 Å². The zero-order valence-corrected chi connectivity index (χ0v) is 38.3. The highest BCUT2D eigenvalue weighted by atomic mass is 16.6. The van der Waals surface area contributed by atoms with Crippen molar-refractivity contribution in [1.82, 2.24) is 9.97 Å². The number of pyridine rings is 2. The highest BCUT2D eigenvalue weighted by molar-refractivity contribution is 5.91. The van der Waals surface area contributed by atoms with E-state index in [0.29, 0.717) is 61.9 Å². The number of unbranched alkanes of at least 4 members (excludes halogenated alkanes) is 12. The van der Waals surface area contributed by atoms with Crippen molar-refractivity contribution >= 4 is 23.9 Å². The molecule has 0 saturated heterocycles. The van der Waals surface area contributed by atoms with E-state index in [9.17, 15) is 19.2 Å². The number of esters is 4. The van der Waals surface area contributed by atoms with Gasteiger partial charge in [0, 0.05) is 23.3 Å². The van der Waals surface area contributed by atoms with Crippen molar-refractivity contribution in [3.05, 3.63) is 122 Å². The Hall–Kier alpha value is -6.30. The van der Waals surface area contributed by atoms with Crippen LogP contribution in [0.4, 0.5) is 0 Å². The second-order valence-electron chi connectivity index (χ2n) is 16.5. The topological polar surface area (TPSA) is 149 Å². The molecule has 2 atom stereocenters. The summed E-state index contributed by atoms with van der Waals surface area (Å²) in [7, 11) is 0. The van der Waals surface area contributed by atoms with E-state index < -0.39 is 24.1 Å². The van der Waals surface area contributed by atoms with E-state index in [4.69, 9.17) is 28.4 Å². The molecule has 0 unspecified atom stereocenters. The molecule has 5 rings (SSSR count). The van der Waals surface area contributed by atoms with Gasteiger partial charge in [-0.05, 0) is 99.9 Å². The minimum atomic E-state index is -0.543. The first-order valence-electron chi connectivity index (χ1n) is 23.7. The van der Waals surface area contributed by atoms with E-state index in [1.54, 1.807) is 36.7 Å². The van der Waals surface area contributed by atoms with E-state index >= 15 is 0 Å². The lowest BCUT2D eigenvalue weighted by Crippen LogP contribution is -2.37. The monoisotopic (exact) mass is 902 g/mol. The van der Waals surface area contributed by atoms with Crippen LogP contribution in [0, 0.1) is 0 Å². The molecule has 1 aliphatic rings. The van der Waals surface area contributed by atoms with Gasteiger partial charge in [0.25, 0.3) is 0 Å². The zero-order valence-electron chi connectivity index (χ0n) is 38.3. The van der Waals surface area contributed by atoms with Crippen molar-refractivity contribution in [3.8, 4) is 34.0 Å². The number of ether oxygens (including phenoxy) is 6. The van der Waals surface area contributed by atoms with Crippen LogP contribution in [0.1, 0.15) is 136 Å². The molecule has 1 fully saturated rings. The van der Waals surface area contributed by atoms with Crippen LogP contribution in [-0.4, -0.2) is 72.5 Å². The van der Waals surface area contributed by atoms with E-state index in [2.05, 4.69) is 23.1 Å². The maximum atomic E-state index is 13.3. The Morgan fingerprint density at radius 2 is 0.818 bits per heavy atom. The molecule has 0 N–H and O–H groups in total. The maximum Gasteiger partial charge on any atom is 0.338 e.